The molecule has 5 heteroatoms. The predicted octanol–water partition coefficient (Wildman–Crippen LogP) is 0.945. The van der Waals surface area contributed by atoms with Gasteiger partial charge in [0.05, 0.1) is 5.69 Å². The predicted molar refractivity (Wildman–Crippen MR) is 74.1 cm³/mol. The molecular weight excluding hydrogens is 242 g/mol. The second-order valence-electron chi connectivity index (χ2n) is 4.51. The summed E-state index contributed by atoms with van der Waals surface area (Å²) >= 11 is 0. The average molecular weight is 261 g/mol. The molecule has 0 aliphatic rings. The number of aromatic nitrogens is 2. The zero-order valence-corrected chi connectivity index (χ0v) is 11.0. The van der Waals surface area contributed by atoms with Crippen LogP contribution in [0.4, 0.5) is 0 Å². The largest absolute Gasteiger partial charge is 0.396 e. The first-order chi connectivity index (χ1) is 9.24. The van der Waals surface area contributed by atoms with E-state index in [9.17, 15) is 4.79 Å². The summed E-state index contributed by atoms with van der Waals surface area (Å²) in [5, 5.41) is 12.2. The Bertz CT molecular complexity index is 595. The summed E-state index contributed by atoms with van der Waals surface area (Å²) in [6.07, 6.45) is 3.36. The highest BCUT2D eigenvalue weighted by molar-refractivity contribution is 5.37. The van der Waals surface area contributed by atoms with Gasteiger partial charge in [0.15, 0.2) is 0 Å². The fourth-order valence-electron chi connectivity index (χ4n) is 2.05. The molecule has 0 aliphatic heterocycles. The number of hydrogen-bond donors (Lipinski definition) is 2. The lowest BCUT2D eigenvalue weighted by Crippen LogP contribution is -2.30. The van der Waals surface area contributed by atoms with Crippen LogP contribution >= 0.6 is 0 Å². The van der Waals surface area contributed by atoms with Crippen molar-refractivity contribution in [3.05, 3.63) is 46.5 Å². The van der Waals surface area contributed by atoms with Gasteiger partial charge in [0.1, 0.15) is 5.65 Å². The van der Waals surface area contributed by atoms with Crippen molar-refractivity contribution < 1.29 is 5.11 Å². The second kappa shape index (κ2) is 6.45. The molecule has 0 aliphatic carbocycles. The van der Waals surface area contributed by atoms with E-state index in [-0.39, 0.29) is 18.2 Å². The monoisotopic (exact) mass is 261 g/mol. The van der Waals surface area contributed by atoms with Crippen LogP contribution in [0.2, 0.25) is 0 Å². The van der Waals surface area contributed by atoms with E-state index >= 15 is 0 Å². The van der Waals surface area contributed by atoms with Gasteiger partial charge >= 0.3 is 0 Å². The van der Waals surface area contributed by atoms with Crippen LogP contribution in [0.5, 0.6) is 0 Å². The molecule has 102 valence electrons. The summed E-state index contributed by atoms with van der Waals surface area (Å²) < 4.78 is 1.52. The fourth-order valence-corrected chi connectivity index (χ4v) is 2.05. The molecule has 0 bridgehead atoms. The molecule has 2 N–H and O–H groups in total. The van der Waals surface area contributed by atoms with Crippen molar-refractivity contribution in [2.24, 2.45) is 0 Å². The van der Waals surface area contributed by atoms with Crippen molar-refractivity contribution in [1.29, 1.82) is 0 Å². The molecule has 0 radical (unpaired) electrons. The molecule has 2 rings (SSSR count). The minimum absolute atomic E-state index is 0.0717. The highest BCUT2D eigenvalue weighted by atomic mass is 16.3. The number of hydrogen-bond acceptors (Lipinski definition) is 4. The summed E-state index contributed by atoms with van der Waals surface area (Å²) in [6, 6.07) is 7.28. The number of fused-ring (bicyclic) bond motifs is 1. The lowest BCUT2D eigenvalue weighted by atomic mass is 10.1. The minimum atomic E-state index is -0.0717. The van der Waals surface area contributed by atoms with Crippen molar-refractivity contribution in [2.75, 3.05) is 6.61 Å². The molecule has 0 spiro atoms. The number of aliphatic hydroxyl groups is 1. The van der Waals surface area contributed by atoms with Gasteiger partial charge in [-0.05, 0) is 25.0 Å². The maximum Gasteiger partial charge on any atom is 0.258 e. The zero-order valence-electron chi connectivity index (χ0n) is 11.0. The Morgan fingerprint density at radius 2 is 2.32 bits per heavy atom. The van der Waals surface area contributed by atoms with E-state index in [4.69, 9.17) is 5.11 Å². The van der Waals surface area contributed by atoms with Crippen LogP contribution in [0.3, 0.4) is 0 Å². The van der Waals surface area contributed by atoms with E-state index < -0.39 is 0 Å². The summed E-state index contributed by atoms with van der Waals surface area (Å²) in [7, 11) is 0. The summed E-state index contributed by atoms with van der Waals surface area (Å²) in [6.45, 7) is 2.77. The molecule has 19 heavy (non-hydrogen) atoms. The van der Waals surface area contributed by atoms with Crippen LogP contribution in [0.15, 0.2) is 35.3 Å². The van der Waals surface area contributed by atoms with Gasteiger partial charge in [-0.2, -0.15) is 0 Å². The minimum Gasteiger partial charge on any atom is -0.396 e. The van der Waals surface area contributed by atoms with E-state index in [1.807, 2.05) is 18.2 Å². The number of pyridine rings is 1. The van der Waals surface area contributed by atoms with Crippen LogP contribution in [-0.4, -0.2) is 27.1 Å². The van der Waals surface area contributed by atoms with Crippen LogP contribution in [0, 0.1) is 0 Å². The topological polar surface area (TPSA) is 66.6 Å². The Morgan fingerprint density at radius 1 is 1.47 bits per heavy atom. The van der Waals surface area contributed by atoms with Crippen LogP contribution in [-0.2, 0) is 6.54 Å². The molecule has 0 saturated carbocycles. The van der Waals surface area contributed by atoms with Gasteiger partial charge in [0, 0.05) is 31.5 Å². The molecule has 1 atom stereocenters. The lowest BCUT2D eigenvalue weighted by Gasteiger charge is -2.15. The normalized spacial score (nSPS) is 12.7. The van der Waals surface area contributed by atoms with Crippen molar-refractivity contribution >= 4 is 5.65 Å². The Morgan fingerprint density at radius 3 is 3.05 bits per heavy atom. The standard InChI is InChI=1S/C14H19N3O2/c1-2-11(6-8-18)15-10-12-9-14(19)17-7-4-3-5-13(17)16-12/h3-5,7,9,11,15,18H,2,6,8,10H2,1H3. The molecule has 0 fully saturated rings. The van der Waals surface area contributed by atoms with E-state index in [0.29, 0.717) is 18.6 Å². The molecule has 0 saturated heterocycles. The van der Waals surface area contributed by atoms with Crippen LogP contribution in [0.1, 0.15) is 25.5 Å². The first kappa shape index (κ1) is 13.7. The van der Waals surface area contributed by atoms with E-state index in [0.717, 1.165) is 12.1 Å². The Hall–Kier alpha value is -1.72. The highest BCUT2D eigenvalue weighted by Crippen LogP contribution is 2.01. The molecule has 2 aromatic heterocycles. The number of rotatable bonds is 6. The maximum absolute atomic E-state index is 11.9. The first-order valence-corrected chi connectivity index (χ1v) is 6.56. The zero-order chi connectivity index (χ0) is 13.7. The van der Waals surface area contributed by atoms with Gasteiger partial charge in [-0.25, -0.2) is 4.98 Å². The molecule has 2 aromatic rings. The Labute approximate surface area is 111 Å². The van der Waals surface area contributed by atoms with Gasteiger partial charge < -0.3 is 10.4 Å². The molecule has 1 unspecified atom stereocenters. The van der Waals surface area contributed by atoms with E-state index in [1.54, 1.807) is 12.3 Å². The Kier molecular flexibility index (Phi) is 4.65. The SMILES string of the molecule is CCC(CCO)NCc1cc(=O)n2ccccc2n1. The van der Waals surface area contributed by atoms with Crippen molar-refractivity contribution in [3.8, 4) is 0 Å². The van der Waals surface area contributed by atoms with Crippen LogP contribution < -0.4 is 10.9 Å². The third kappa shape index (κ3) is 3.39. The van der Waals surface area contributed by atoms with Gasteiger partial charge in [0.25, 0.3) is 5.56 Å². The van der Waals surface area contributed by atoms with Gasteiger partial charge in [-0.3, -0.25) is 9.20 Å². The van der Waals surface area contributed by atoms with E-state index in [2.05, 4.69) is 17.2 Å². The first-order valence-electron chi connectivity index (χ1n) is 6.56. The van der Waals surface area contributed by atoms with Gasteiger partial charge in [-0.15, -0.1) is 0 Å². The molecule has 5 nitrogen and oxygen atoms in total. The summed E-state index contributed by atoms with van der Waals surface area (Å²) in [5.74, 6) is 0. The smallest absolute Gasteiger partial charge is 0.258 e. The van der Waals surface area contributed by atoms with E-state index in [1.165, 1.54) is 4.40 Å². The van der Waals surface area contributed by atoms with Gasteiger partial charge in [0.2, 0.25) is 0 Å². The third-order valence-electron chi connectivity index (χ3n) is 3.17. The number of nitrogens with zero attached hydrogens (tertiary/aromatic N) is 2. The van der Waals surface area contributed by atoms with Crippen molar-refractivity contribution in [1.82, 2.24) is 14.7 Å². The average Bonchev–Trinajstić information content (AvgIpc) is 2.43. The maximum atomic E-state index is 11.9. The van der Waals surface area contributed by atoms with Crippen molar-refractivity contribution in [2.45, 2.75) is 32.4 Å². The van der Waals surface area contributed by atoms with Gasteiger partial charge in [-0.1, -0.05) is 13.0 Å². The van der Waals surface area contributed by atoms with Crippen LogP contribution in [0.25, 0.3) is 5.65 Å². The molecule has 2 heterocycles. The van der Waals surface area contributed by atoms with Crippen molar-refractivity contribution in [3.63, 3.8) is 0 Å². The number of nitrogens with one attached hydrogen (secondary N) is 1. The molecular formula is C14H19N3O2. The third-order valence-corrected chi connectivity index (χ3v) is 3.17. The number of aliphatic hydroxyl groups excluding tert-OH is 1. The molecule has 0 aromatic carbocycles. The highest BCUT2D eigenvalue weighted by Gasteiger charge is 2.06. The quantitative estimate of drug-likeness (QED) is 0.812. The second-order valence-corrected chi connectivity index (χ2v) is 4.51. The summed E-state index contributed by atoms with van der Waals surface area (Å²) in [4.78, 5) is 16.3. The Balaban J connectivity index is 2.15. The lowest BCUT2D eigenvalue weighted by molar-refractivity contribution is 0.261. The fraction of sp³-hybridized carbons (Fsp3) is 0.429. The molecule has 0 amide bonds. The summed E-state index contributed by atoms with van der Waals surface area (Å²) in [5.41, 5.74) is 1.31.